The predicted molar refractivity (Wildman–Crippen MR) is 137 cm³/mol. The van der Waals surface area contributed by atoms with E-state index in [2.05, 4.69) is 10.7 Å². The van der Waals surface area contributed by atoms with Crippen molar-refractivity contribution >= 4 is 34.7 Å². The van der Waals surface area contributed by atoms with Crippen LogP contribution in [0.2, 0.25) is 0 Å². The van der Waals surface area contributed by atoms with Gasteiger partial charge in [-0.3, -0.25) is 5.43 Å². The van der Waals surface area contributed by atoms with E-state index in [1.54, 1.807) is 6.92 Å². The first kappa shape index (κ1) is 24.0. The molecule has 0 amide bonds. The Labute approximate surface area is 205 Å². The number of ether oxygens (including phenoxy) is 3. The topological polar surface area (TPSA) is 81.2 Å². The van der Waals surface area contributed by atoms with Crippen LogP contribution in [-0.4, -0.2) is 35.6 Å². The molecule has 8 heteroatoms. The normalized spacial score (nSPS) is 17.4. The summed E-state index contributed by atoms with van der Waals surface area (Å²) in [5.41, 5.74) is 6.51. The highest BCUT2D eigenvalue weighted by atomic mass is 32.1. The van der Waals surface area contributed by atoms with Gasteiger partial charge in [-0.05, 0) is 87.6 Å². The molecule has 0 aromatic heterocycles. The number of carbonyl (C=O) groups is 1. The summed E-state index contributed by atoms with van der Waals surface area (Å²) in [6, 6.07) is 13.6. The molecule has 180 valence electrons. The number of nitrogens with zero attached hydrogens (tertiary/aromatic N) is 1. The largest absolute Gasteiger partial charge is 0.486 e. The maximum atomic E-state index is 11.7. The maximum Gasteiger partial charge on any atom is 0.344 e. The van der Waals surface area contributed by atoms with Crippen LogP contribution in [0.3, 0.4) is 0 Å². The molecule has 1 aliphatic carbocycles. The molecule has 0 atom stereocenters. The Hall–Kier alpha value is -3.13. The summed E-state index contributed by atoms with van der Waals surface area (Å²) in [6.45, 7) is 3.98. The molecule has 0 bridgehead atoms. The third-order valence-corrected chi connectivity index (χ3v) is 6.27. The van der Waals surface area contributed by atoms with Crippen LogP contribution in [0.15, 0.2) is 47.6 Å². The first-order chi connectivity index (χ1) is 16.5. The SMILES string of the molecule is CCOC(=O)COc1ccc2c(c1)C(=NNC(=S)Nc1cccc(C)c1)CC1(CCCCC1)O2. The van der Waals surface area contributed by atoms with E-state index in [0.717, 1.165) is 54.0 Å². The Morgan fingerprint density at radius 1 is 1.18 bits per heavy atom. The number of nitrogens with one attached hydrogen (secondary N) is 2. The number of hydrazone groups is 1. The molecule has 7 nitrogen and oxygen atoms in total. The molecule has 1 fully saturated rings. The Bertz CT molecular complexity index is 1080. The third kappa shape index (κ3) is 6.05. The van der Waals surface area contributed by atoms with Gasteiger partial charge in [0.15, 0.2) is 11.7 Å². The molecular formula is C26H31N3O4S. The molecule has 2 N–H and O–H groups in total. The van der Waals surface area contributed by atoms with Gasteiger partial charge in [-0.15, -0.1) is 0 Å². The van der Waals surface area contributed by atoms with Crippen molar-refractivity contribution in [1.29, 1.82) is 0 Å². The quantitative estimate of drug-likeness (QED) is 0.337. The zero-order valence-corrected chi connectivity index (χ0v) is 20.5. The smallest absolute Gasteiger partial charge is 0.344 e. The van der Waals surface area contributed by atoms with E-state index in [0.29, 0.717) is 23.9 Å². The van der Waals surface area contributed by atoms with Crippen LogP contribution in [0.25, 0.3) is 0 Å². The van der Waals surface area contributed by atoms with E-state index < -0.39 is 5.97 Å². The van der Waals surface area contributed by atoms with Crippen LogP contribution in [0, 0.1) is 6.92 Å². The van der Waals surface area contributed by atoms with Crippen molar-refractivity contribution in [3.8, 4) is 11.5 Å². The maximum absolute atomic E-state index is 11.7. The molecule has 34 heavy (non-hydrogen) atoms. The minimum Gasteiger partial charge on any atom is -0.486 e. The second-order valence-corrected chi connectivity index (χ2v) is 9.18. The lowest BCUT2D eigenvalue weighted by molar-refractivity contribution is -0.145. The van der Waals surface area contributed by atoms with E-state index >= 15 is 0 Å². The van der Waals surface area contributed by atoms with Gasteiger partial charge < -0.3 is 19.5 Å². The Morgan fingerprint density at radius 3 is 2.76 bits per heavy atom. The van der Waals surface area contributed by atoms with Gasteiger partial charge >= 0.3 is 5.97 Å². The number of hydrogen-bond donors (Lipinski definition) is 2. The van der Waals surface area contributed by atoms with Crippen molar-refractivity contribution < 1.29 is 19.0 Å². The highest BCUT2D eigenvalue weighted by molar-refractivity contribution is 7.80. The van der Waals surface area contributed by atoms with Gasteiger partial charge in [0.1, 0.15) is 17.1 Å². The zero-order chi connectivity index (χ0) is 24.0. The molecular weight excluding hydrogens is 450 g/mol. The Balaban J connectivity index is 1.54. The molecule has 1 saturated carbocycles. The monoisotopic (exact) mass is 481 g/mol. The number of hydrogen-bond acceptors (Lipinski definition) is 6. The number of thiocarbonyl (C=S) groups is 1. The molecule has 0 saturated heterocycles. The van der Waals surface area contributed by atoms with Crippen molar-refractivity contribution in [2.24, 2.45) is 5.10 Å². The van der Waals surface area contributed by atoms with Gasteiger partial charge in [0, 0.05) is 17.7 Å². The first-order valence-corrected chi connectivity index (χ1v) is 12.2. The average molecular weight is 482 g/mol. The average Bonchev–Trinajstić information content (AvgIpc) is 2.82. The number of aryl methyl sites for hydroxylation is 1. The molecule has 2 aromatic carbocycles. The summed E-state index contributed by atoms with van der Waals surface area (Å²) in [7, 11) is 0. The van der Waals surface area contributed by atoms with Gasteiger partial charge in [-0.1, -0.05) is 18.6 Å². The lowest BCUT2D eigenvalue weighted by atomic mass is 9.78. The van der Waals surface area contributed by atoms with E-state index in [4.69, 9.17) is 31.5 Å². The molecule has 4 rings (SSSR count). The molecule has 2 aliphatic rings. The highest BCUT2D eigenvalue weighted by Gasteiger charge is 2.40. The first-order valence-electron chi connectivity index (χ1n) is 11.8. The second-order valence-electron chi connectivity index (χ2n) is 8.77. The fraction of sp³-hybridized carbons (Fsp3) is 0.423. The molecule has 0 radical (unpaired) electrons. The molecule has 1 spiro atoms. The summed E-state index contributed by atoms with van der Waals surface area (Å²) < 4.78 is 17.1. The van der Waals surface area contributed by atoms with Crippen molar-refractivity contribution in [1.82, 2.24) is 5.43 Å². The standard InChI is InChI=1S/C26H31N3O4S/c1-3-31-24(30)17-32-20-10-11-23-21(15-20)22(16-26(33-23)12-5-4-6-13-26)28-29-25(34)27-19-9-7-8-18(2)14-19/h7-11,14-15H,3-6,12-13,16-17H2,1-2H3,(H2,27,29,34). The van der Waals surface area contributed by atoms with E-state index in [1.807, 2.05) is 49.4 Å². The number of esters is 1. The minimum absolute atomic E-state index is 0.146. The highest BCUT2D eigenvalue weighted by Crippen LogP contribution is 2.43. The molecule has 2 aromatic rings. The van der Waals surface area contributed by atoms with Crippen LogP contribution >= 0.6 is 12.2 Å². The summed E-state index contributed by atoms with van der Waals surface area (Å²) in [5.74, 6) is 0.929. The van der Waals surface area contributed by atoms with Gasteiger partial charge in [0.05, 0.1) is 12.3 Å². The Kier molecular flexibility index (Phi) is 7.67. The summed E-state index contributed by atoms with van der Waals surface area (Å²) in [5, 5.41) is 8.29. The third-order valence-electron chi connectivity index (χ3n) is 6.07. The minimum atomic E-state index is -0.402. The number of anilines is 1. The van der Waals surface area contributed by atoms with E-state index in [9.17, 15) is 4.79 Å². The molecule has 0 unspecified atom stereocenters. The summed E-state index contributed by atoms with van der Waals surface area (Å²) in [4.78, 5) is 11.7. The zero-order valence-electron chi connectivity index (χ0n) is 19.7. The predicted octanol–water partition coefficient (Wildman–Crippen LogP) is 5.11. The molecule has 1 heterocycles. The van der Waals surface area contributed by atoms with Gasteiger partial charge in [0.2, 0.25) is 0 Å². The second kappa shape index (κ2) is 10.9. The molecule has 1 aliphatic heterocycles. The summed E-state index contributed by atoms with van der Waals surface area (Å²) >= 11 is 5.48. The fourth-order valence-corrected chi connectivity index (χ4v) is 4.67. The number of benzene rings is 2. The lowest BCUT2D eigenvalue weighted by Gasteiger charge is -2.41. The van der Waals surface area contributed by atoms with Crippen LogP contribution in [-0.2, 0) is 9.53 Å². The van der Waals surface area contributed by atoms with E-state index in [1.165, 1.54) is 6.42 Å². The van der Waals surface area contributed by atoms with Crippen LogP contribution in [0.4, 0.5) is 5.69 Å². The number of carbonyl (C=O) groups excluding carboxylic acids is 1. The Morgan fingerprint density at radius 2 is 2.00 bits per heavy atom. The van der Waals surface area contributed by atoms with Gasteiger partial charge in [0.25, 0.3) is 0 Å². The van der Waals surface area contributed by atoms with Crippen LogP contribution in [0.1, 0.15) is 56.6 Å². The fourth-order valence-electron chi connectivity index (χ4n) is 4.50. The van der Waals surface area contributed by atoms with Crippen LogP contribution < -0.4 is 20.2 Å². The summed E-state index contributed by atoms with van der Waals surface area (Å²) in [6.07, 6.45) is 6.19. The lowest BCUT2D eigenvalue weighted by Crippen LogP contribution is -2.44. The van der Waals surface area contributed by atoms with Gasteiger partial charge in [-0.25, -0.2) is 4.79 Å². The van der Waals surface area contributed by atoms with Crippen molar-refractivity contribution in [3.05, 3.63) is 53.6 Å². The van der Waals surface area contributed by atoms with E-state index in [-0.39, 0.29) is 12.2 Å². The van der Waals surface area contributed by atoms with Crippen molar-refractivity contribution in [2.75, 3.05) is 18.5 Å². The van der Waals surface area contributed by atoms with Gasteiger partial charge in [-0.2, -0.15) is 5.10 Å². The van der Waals surface area contributed by atoms with Crippen molar-refractivity contribution in [2.45, 2.75) is 58.0 Å². The number of rotatable bonds is 6. The van der Waals surface area contributed by atoms with Crippen LogP contribution in [0.5, 0.6) is 11.5 Å². The van der Waals surface area contributed by atoms with Crippen molar-refractivity contribution in [3.63, 3.8) is 0 Å². The number of fused-ring (bicyclic) bond motifs is 1.